The van der Waals surface area contributed by atoms with Crippen LogP contribution in [0.15, 0.2) is 6.07 Å². The first-order valence-electron chi connectivity index (χ1n) is 6.63. The summed E-state index contributed by atoms with van der Waals surface area (Å²) in [5.74, 6) is 3.82. The second kappa shape index (κ2) is 5.28. The third kappa shape index (κ3) is 2.49. The van der Waals surface area contributed by atoms with Gasteiger partial charge in [0.05, 0.1) is 0 Å². The third-order valence-electron chi connectivity index (χ3n) is 4.29. The van der Waals surface area contributed by atoms with Crippen LogP contribution in [-0.4, -0.2) is 18.1 Å². The number of aromatic nitrogens is 1. The number of nitrogens with one attached hydrogen (secondary N) is 1. The second-order valence-electron chi connectivity index (χ2n) is 5.15. The molecule has 0 spiro atoms. The van der Waals surface area contributed by atoms with Gasteiger partial charge in [-0.25, -0.2) is 19.6 Å². The molecule has 0 atom stereocenters. The first-order valence-corrected chi connectivity index (χ1v) is 6.63. The first-order chi connectivity index (χ1) is 9.05. The molecule has 19 heavy (non-hydrogen) atoms. The Morgan fingerprint density at radius 3 is 2.58 bits per heavy atom. The van der Waals surface area contributed by atoms with E-state index in [9.17, 15) is 8.78 Å². The molecule has 0 saturated carbocycles. The van der Waals surface area contributed by atoms with E-state index in [0.717, 1.165) is 38.4 Å². The van der Waals surface area contributed by atoms with E-state index < -0.39 is 11.6 Å². The molecule has 1 fully saturated rings. The summed E-state index contributed by atoms with van der Waals surface area (Å²) in [7, 11) is 0. The number of pyridine rings is 1. The van der Waals surface area contributed by atoms with Gasteiger partial charge in [0.15, 0.2) is 23.3 Å². The van der Waals surface area contributed by atoms with Crippen LogP contribution in [0.5, 0.6) is 0 Å². The van der Waals surface area contributed by atoms with Crippen LogP contribution in [0.4, 0.5) is 20.4 Å². The van der Waals surface area contributed by atoms with Gasteiger partial charge in [0.2, 0.25) is 0 Å². The molecule has 0 amide bonds. The van der Waals surface area contributed by atoms with E-state index in [0.29, 0.717) is 0 Å². The van der Waals surface area contributed by atoms with Gasteiger partial charge in [-0.1, -0.05) is 13.8 Å². The lowest BCUT2D eigenvalue weighted by atomic mass is 9.82. The maximum Gasteiger partial charge on any atom is 0.178 e. The van der Waals surface area contributed by atoms with Crippen LogP contribution in [0.2, 0.25) is 0 Å². The molecule has 4 nitrogen and oxygen atoms in total. The van der Waals surface area contributed by atoms with Gasteiger partial charge < -0.3 is 10.3 Å². The fraction of sp³-hybridized carbons (Fsp3) is 0.615. The molecule has 3 N–H and O–H groups in total. The van der Waals surface area contributed by atoms with E-state index in [4.69, 9.17) is 5.84 Å². The summed E-state index contributed by atoms with van der Waals surface area (Å²) in [5, 5.41) is 0. The van der Waals surface area contributed by atoms with E-state index in [1.807, 2.05) is 4.90 Å². The Balaban J connectivity index is 2.29. The Bertz CT molecular complexity index is 460. The normalized spacial score (nSPS) is 17.8. The van der Waals surface area contributed by atoms with Gasteiger partial charge in [0.25, 0.3) is 0 Å². The number of halogens is 2. The fourth-order valence-corrected chi connectivity index (χ4v) is 2.72. The Hall–Kier alpha value is -1.43. The second-order valence-corrected chi connectivity index (χ2v) is 5.15. The molecule has 0 aliphatic carbocycles. The molecule has 1 saturated heterocycles. The largest absolute Gasteiger partial charge is 0.354 e. The van der Waals surface area contributed by atoms with E-state index in [-0.39, 0.29) is 17.1 Å². The molecule has 0 radical (unpaired) electrons. The minimum atomic E-state index is -0.778. The smallest absolute Gasteiger partial charge is 0.178 e. The molecule has 2 heterocycles. The zero-order chi connectivity index (χ0) is 14.0. The minimum Gasteiger partial charge on any atom is -0.354 e. The van der Waals surface area contributed by atoms with Crippen LogP contribution in [0.1, 0.15) is 33.1 Å². The number of hydrazine groups is 1. The minimum absolute atomic E-state index is 0.123. The van der Waals surface area contributed by atoms with Gasteiger partial charge in [-0.15, -0.1) is 0 Å². The van der Waals surface area contributed by atoms with Gasteiger partial charge in [-0.2, -0.15) is 0 Å². The molecule has 1 aliphatic heterocycles. The van der Waals surface area contributed by atoms with Crippen LogP contribution < -0.4 is 16.2 Å². The van der Waals surface area contributed by atoms with E-state index >= 15 is 0 Å². The number of anilines is 2. The van der Waals surface area contributed by atoms with E-state index in [1.54, 1.807) is 0 Å². The molecule has 2 rings (SSSR count). The SMILES string of the molecule is CCC1(CC)CCN(c2nc(NN)c(F)cc2F)C1. The molecular weight excluding hydrogens is 250 g/mol. The standard InChI is InChI=1S/C13H20F2N4/c1-3-13(4-2)5-6-19(8-13)12-10(15)7-9(14)11(17-12)18-16/h7H,3-6,8,16H2,1-2H3,(H,17,18). The number of nitrogens with two attached hydrogens (primary N) is 1. The molecule has 1 aromatic heterocycles. The number of nitrogen functional groups attached to an aromatic ring is 1. The Morgan fingerprint density at radius 2 is 2.05 bits per heavy atom. The van der Waals surface area contributed by atoms with Gasteiger partial charge in [-0.3, -0.25) is 0 Å². The van der Waals surface area contributed by atoms with Gasteiger partial charge >= 0.3 is 0 Å². The quantitative estimate of drug-likeness (QED) is 0.652. The topological polar surface area (TPSA) is 54.2 Å². The van der Waals surface area contributed by atoms with Crippen molar-refractivity contribution in [1.29, 1.82) is 0 Å². The van der Waals surface area contributed by atoms with E-state index in [2.05, 4.69) is 24.3 Å². The van der Waals surface area contributed by atoms with Gasteiger partial charge in [0, 0.05) is 19.2 Å². The predicted octanol–water partition coefficient (Wildman–Crippen LogP) is 2.66. The average Bonchev–Trinajstić information content (AvgIpc) is 2.84. The summed E-state index contributed by atoms with van der Waals surface area (Å²) >= 11 is 0. The number of rotatable bonds is 4. The molecule has 106 valence electrons. The maximum atomic E-state index is 13.9. The zero-order valence-corrected chi connectivity index (χ0v) is 11.3. The summed E-state index contributed by atoms with van der Waals surface area (Å²) in [5.41, 5.74) is 2.36. The lowest BCUT2D eigenvalue weighted by molar-refractivity contribution is 0.301. The van der Waals surface area contributed by atoms with Crippen molar-refractivity contribution in [3.05, 3.63) is 17.7 Å². The van der Waals surface area contributed by atoms with E-state index in [1.165, 1.54) is 0 Å². The maximum absolute atomic E-state index is 13.9. The van der Waals surface area contributed by atoms with Crippen LogP contribution in [0.25, 0.3) is 0 Å². The fourth-order valence-electron chi connectivity index (χ4n) is 2.72. The molecule has 6 heteroatoms. The summed E-state index contributed by atoms with van der Waals surface area (Å²) in [6, 6.07) is 0.829. The van der Waals surface area contributed by atoms with Gasteiger partial charge in [0.1, 0.15) is 0 Å². The van der Waals surface area contributed by atoms with Crippen molar-refractivity contribution in [2.45, 2.75) is 33.1 Å². The molecule has 0 unspecified atom stereocenters. The lowest BCUT2D eigenvalue weighted by Gasteiger charge is -2.27. The average molecular weight is 270 g/mol. The monoisotopic (exact) mass is 270 g/mol. The molecule has 0 bridgehead atoms. The summed E-state index contributed by atoms with van der Waals surface area (Å²) in [6.45, 7) is 5.78. The van der Waals surface area contributed by atoms with Crippen molar-refractivity contribution in [1.82, 2.24) is 4.98 Å². The first kappa shape index (κ1) is 14.0. The Kier molecular flexibility index (Phi) is 3.89. The van der Waals surface area contributed by atoms with Crippen molar-refractivity contribution in [2.24, 2.45) is 11.3 Å². The summed E-state index contributed by atoms with van der Waals surface area (Å²) in [6.07, 6.45) is 3.10. The molecule has 1 aliphatic rings. The molecule has 1 aromatic rings. The van der Waals surface area contributed by atoms with Crippen molar-refractivity contribution in [3.63, 3.8) is 0 Å². The van der Waals surface area contributed by atoms with Crippen LogP contribution in [-0.2, 0) is 0 Å². The van der Waals surface area contributed by atoms with Crippen molar-refractivity contribution in [3.8, 4) is 0 Å². The van der Waals surface area contributed by atoms with Crippen molar-refractivity contribution < 1.29 is 8.78 Å². The predicted molar refractivity (Wildman–Crippen MR) is 71.8 cm³/mol. The number of hydrogen-bond acceptors (Lipinski definition) is 4. The van der Waals surface area contributed by atoms with Gasteiger partial charge in [-0.05, 0) is 24.7 Å². The lowest BCUT2D eigenvalue weighted by Crippen LogP contribution is -2.28. The third-order valence-corrected chi connectivity index (χ3v) is 4.29. The Morgan fingerprint density at radius 1 is 1.37 bits per heavy atom. The highest BCUT2D eigenvalue weighted by Crippen LogP contribution is 2.39. The van der Waals surface area contributed by atoms with Crippen molar-refractivity contribution in [2.75, 3.05) is 23.4 Å². The highest BCUT2D eigenvalue weighted by molar-refractivity contribution is 5.49. The Labute approximate surface area is 112 Å². The highest BCUT2D eigenvalue weighted by Gasteiger charge is 2.36. The number of nitrogens with zero attached hydrogens (tertiary/aromatic N) is 2. The number of hydrogen-bond donors (Lipinski definition) is 2. The van der Waals surface area contributed by atoms with Crippen LogP contribution >= 0.6 is 0 Å². The highest BCUT2D eigenvalue weighted by atomic mass is 19.1. The molecular formula is C13H20F2N4. The van der Waals surface area contributed by atoms with Crippen LogP contribution in [0.3, 0.4) is 0 Å². The van der Waals surface area contributed by atoms with Crippen LogP contribution in [0, 0.1) is 17.0 Å². The summed E-state index contributed by atoms with van der Waals surface area (Å²) in [4.78, 5) is 5.82. The zero-order valence-electron chi connectivity index (χ0n) is 11.3. The molecule has 0 aromatic carbocycles. The summed E-state index contributed by atoms with van der Waals surface area (Å²) < 4.78 is 27.2. The van der Waals surface area contributed by atoms with Crippen molar-refractivity contribution >= 4 is 11.6 Å².